The van der Waals surface area contributed by atoms with Gasteiger partial charge in [0.05, 0.1) is 7.11 Å². The number of hydrogen-bond acceptors (Lipinski definition) is 2. The van der Waals surface area contributed by atoms with E-state index in [1.54, 1.807) is 0 Å². The monoisotopic (exact) mass is 199 g/mol. The van der Waals surface area contributed by atoms with Crippen molar-refractivity contribution in [1.82, 2.24) is 5.32 Å². The van der Waals surface area contributed by atoms with Crippen LogP contribution in [-0.2, 0) is 0 Å². The van der Waals surface area contributed by atoms with E-state index in [1.165, 1.54) is 13.2 Å². The second-order valence-electron chi connectivity index (χ2n) is 3.36. The Bertz CT molecular complexity index is 350. The molecule has 2 rings (SSSR count). The first-order valence-corrected chi connectivity index (χ1v) is 4.46. The van der Waals surface area contributed by atoms with Crippen molar-refractivity contribution in [2.24, 2.45) is 0 Å². The second kappa shape index (κ2) is 3.53. The highest BCUT2D eigenvalue weighted by Crippen LogP contribution is 2.32. The summed E-state index contributed by atoms with van der Waals surface area (Å²) in [5, 5.41) is 3.04. The molecule has 1 aromatic carbocycles. The van der Waals surface area contributed by atoms with E-state index >= 15 is 0 Å². The van der Waals surface area contributed by atoms with Gasteiger partial charge < -0.3 is 10.1 Å². The van der Waals surface area contributed by atoms with Crippen molar-refractivity contribution in [2.45, 2.75) is 5.92 Å². The lowest BCUT2D eigenvalue weighted by atomic mass is 9.92. The van der Waals surface area contributed by atoms with Gasteiger partial charge >= 0.3 is 0 Å². The lowest BCUT2D eigenvalue weighted by Crippen LogP contribution is -2.40. The van der Waals surface area contributed by atoms with Crippen LogP contribution in [0, 0.1) is 11.6 Å². The normalized spacial score (nSPS) is 16.5. The first kappa shape index (κ1) is 9.40. The maximum absolute atomic E-state index is 13.4. The van der Waals surface area contributed by atoms with E-state index in [4.69, 9.17) is 4.74 Å². The Morgan fingerprint density at radius 3 is 2.57 bits per heavy atom. The van der Waals surface area contributed by atoms with Gasteiger partial charge in [0, 0.05) is 36.7 Å². The van der Waals surface area contributed by atoms with Crippen LogP contribution in [-0.4, -0.2) is 20.2 Å². The molecule has 0 spiro atoms. The van der Waals surface area contributed by atoms with Gasteiger partial charge in [-0.2, -0.15) is 0 Å². The van der Waals surface area contributed by atoms with Crippen LogP contribution < -0.4 is 10.1 Å². The van der Waals surface area contributed by atoms with Crippen molar-refractivity contribution < 1.29 is 13.5 Å². The third-order valence-corrected chi connectivity index (χ3v) is 2.47. The fourth-order valence-corrected chi connectivity index (χ4v) is 1.62. The molecule has 1 saturated heterocycles. The summed E-state index contributed by atoms with van der Waals surface area (Å²) in [5.41, 5.74) is 0.479. The van der Waals surface area contributed by atoms with Gasteiger partial charge in [-0.3, -0.25) is 0 Å². The number of nitrogens with one attached hydrogen (secondary N) is 1. The topological polar surface area (TPSA) is 21.3 Å². The predicted octanol–water partition coefficient (Wildman–Crippen LogP) is 1.66. The number of benzene rings is 1. The molecule has 4 heteroatoms. The lowest BCUT2D eigenvalue weighted by Gasteiger charge is -2.29. The Labute approximate surface area is 80.9 Å². The fourth-order valence-electron chi connectivity index (χ4n) is 1.62. The summed E-state index contributed by atoms with van der Waals surface area (Å²) in [4.78, 5) is 0. The van der Waals surface area contributed by atoms with E-state index in [1.807, 2.05) is 0 Å². The van der Waals surface area contributed by atoms with E-state index in [-0.39, 0.29) is 5.92 Å². The molecule has 0 amide bonds. The summed E-state index contributed by atoms with van der Waals surface area (Å²) in [5.74, 6) is -0.719. The third kappa shape index (κ3) is 1.46. The van der Waals surface area contributed by atoms with E-state index in [0.717, 1.165) is 19.2 Å². The van der Waals surface area contributed by atoms with Gasteiger partial charge in [0.15, 0.2) is 0 Å². The summed E-state index contributed by atoms with van der Waals surface area (Å²) in [6.45, 7) is 1.44. The van der Waals surface area contributed by atoms with Gasteiger partial charge in [-0.05, 0) is 0 Å². The molecule has 1 aliphatic rings. The molecule has 0 aromatic heterocycles. The molecule has 0 atom stereocenters. The highest BCUT2D eigenvalue weighted by atomic mass is 19.1. The van der Waals surface area contributed by atoms with Crippen LogP contribution in [0.5, 0.6) is 5.75 Å². The smallest absolute Gasteiger partial charge is 0.133 e. The van der Waals surface area contributed by atoms with Crippen LogP contribution in [0.2, 0.25) is 0 Å². The zero-order valence-electron chi connectivity index (χ0n) is 7.81. The van der Waals surface area contributed by atoms with Crippen LogP contribution >= 0.6 is 0 Å². The maximum atomic E-state index is 13.4. The fraction of sp³-hybridized carbons (Fsp3) is 0.400. The summed E-state index contributed by atoms with van der Waals surface area (Å²) < 4.78 is 31.2. The van der Waals surface area contributed by atoms with Gasteiger partial charge in [-0.1, -0.05) is 0 Å². The van der Waals surface area contributed by atoms with Gasteiger partial charge in [0.2, 0.25) is 0 Å². The number of rotatable bonds is 2. The minimum absolute atomic E-state index is 0.102. The minimum atomic E-state index is -0.601. The average Bonchev–Trinajstić information content (AvgIpc) is 2.05. The van der Waals surface area contributed by atoms with Crippen molar-refractivity contribution in [3.05, 3.63) is 29.3 Å². The molecule has 0 saturated carbocycles. The first-order chi connectivity index (χ1) is 6.72. The van der Waals surface area contributed by atoms with Crippen LogP contribution in [0.4, 0.5) is 8.78 Å². The van der Waals surface area contributed by atoms with Crippen molar-refractivity contribution in [3.8, 4) is 5.75 Å². The van der Waals surface area contributed by atoms with Crippen LogP contribution in [0.1, 0.15) is 11.5 Å². The second-order valence-corrected chi connectivity index (χ2v) is 3.36. The minimum Gasteiger partial charge on any atom is -0.496 e. The van der Waals surface area contributed by atoms with Crippen molar-refractivity contribution in [1.29, 1.82) is 0 Å². The molecular weight excluding hydrogens is 188 g/mol. The zero-order chi connectivity index (χ0) is 10.1. The number of hydrogen-bond donors (Lipinski definition) is 1. The Morgan fingerprint density at radius 1 is 1.36 bits per heavy atom. The van der Waals surface area contributed by atoms with E-state index < -0.39 is 11.6 Å². The Morgan fingerprint density at radius 2 is 2.07 bits per heavy atom. The van der Waals surface area contributed by atoms with Crippen LogP contribution in [0.3, 0.4) is 0 Å². The van der Waals surface area contributed by atoms with E-state index in [0.29, 0.717) is 11.3 Å². The molecule has 1 N–H and O–H groups in total. The number of halogens is 2. The molecule has 14 heavy (non-hydrogen) atoms. The summed E-state index contributed by atoms with van der Waals surface area (Å²) in [6, 6.07) is 2.12. The lowest BCUT2D eigenvalue weighted by molar-refractivity contribution is 0.370. The number of ether oxygens (including phenoxy) is 1. The molecule has 0 aliphatic carbocycles. The predicted molar refractivity (Wildman–Crippen MR) is 48.5 cm³/mol. The highest BCUT2D eigenvalue weighted by molar-refractivity contribution is 5.39. The summed E-state index contributed by atoms with van der Waals surface area (Å²) in [7, 11) is 1.42. The molecule has 0 bridgehead atoms. The largest absolute Gasteiger partial charge is 0.496 e. The van der Waals surface area contributed by atoms with E-state index in [2.05, 4.69) is 5.32 Å². The van der Waals surface area contributed by atoms with Crippen LogP contribution in [0.25, 0.3) is 0 Å². The summed E-state index contributed by atoms with van der Waals surface area (Å²) in [6.07, 6.45) is 0. The highest BCUT2D eigenvalue weighted by Gasteiger charge is 2.26. The Balaban J connectivity index is 2.44. The molecule has 2 nitrogen and oxygen atoms in total. The van der Waals surface area contributed by atoms with E-state index in [9.17, 15) is 8.78 Å². The Kier molecular flexibility index (Phi) is 2.37. The van der Waals surface area contributed by atoms with Gasteiger partial charge in [0.1, 0.15) is 17.4 Å². The van der Waals surface area contributed by atoms with Crippen LogP contribution in [0.15, 0.2) is 12.1 Å². The quantitative estimate of drug-likeness (QED) is 0.782. The maximum Gasteiger partial charge on any atom is 0.133 e. The summed E-state index contributed by atoms with van der Waals surface area (Å²) >= 11 is 0. The molecule has 1 aromatic rings. The van der Waals surface area contributed by atoms with Crippen molar-refractivity contribution in [3.63, 3.8) is 0 Å². The molecule has 0 radical (unpaired) electrons. The molecular formula is C10H11F2NO. The van der Waals surface area contributed by atoms with Crippen molar-refractivity contribution in [2.75, 3.05) is 20.2 Å². The van der Waals surface area contributed by atoms with Gasteiger partial charge in [0.25, 0.3) is 0 Å². The first-order valence-electron chi connectivity index (χ1n) is 4.46. The Hall–Kier alpha value is -1.16. The molecule has 1 heterocycles. The average molecular weight is 199 g/mol. The van der Waals surface area contributed by atoms with Crippen molar-refractivity contribution >= 4 is 0 Å². The van der Waals surface area contributed by atoms with Gasteiger partial charge in [-0.25, -0.2) is 8.78 Å². The zero-order valence-corrected chi connectivity index (χ0v) is 7.81. The third-order valence-electron chi connectivity index (χ3n) is 2.47. The standard InChI is InChI=1S/C10H11F2NO/c1-14-9-3-7(11)2-8(12)10(9)6-4-13-5-6/h2-3,6,13H,4-5H2,1H3. The SMILES string of the molecule is COc1cc(F)cc(F)c1C1CNC1. The molecule has 1 fully saturated rings. The van der Waals surface area contributed by atoms with Gasteiger partial charge in [-0.15, -0.1) is 0 Å². The molecule has 0 unspecified atom stereocenters. The molecule has 76 valence electrons. The number of methoxy groups -OCH3 is 1. The molecule has 1 aliphatic heterocycles.